The third kappa shape index (κ3) is 3.16. The molecule has 1 unspecified atom stereocenters. The molecule has 5 heteroatoms. The zero-order valence-electron chi connectivity index (χ0n) is 11.9. The Balaban J connectivity index is 1.59. The van der Waals surface area contributed by atoms with Gasteiger partial charge in [0.2, 0.25) is 5.91 Å². The van der Waals surface area contributed by atoms with Crippen LogP contribution in [0.2, 0.25) is 0 Å². The second-order valence-corrected chi connectivity index (χ2v) is 5.57. The number of fused-ring (bicyclic) bond motifs is 1. The zero-order chi connectivity index (χ0) is 15.6. The summed E-state index contributed by atoms with van der Waals surface area (Å²) >= 11 is 0. The molecule has 1 saturated heterocycles. The number of aliphatic hydroxyl groups is 1. The number of allylic oxidation sites excluding steroid dienone is 1. The van der Waals surface area contributed by atoms with E-state index in [1.165, 1.54) is 18.2 Å². The molecule has 22 heavy (non-hydrogen) atoms. The molecular weight excluding hydrogens is 282 g/mol. The molecule has 114 valence electrons. The molecule has 0 spiro atoms. The SMILES string of the molecule is O=C1C=C[C@]2(O)C[C@H](NC(=O)/C=C/c3ccccc3)OC2C1. The summed E-state index contributed by atoms with van der Waals surface area (Å²) in [4.78, 5) is 23.3. The van der Waals surface area contributed by atoms with Gasteiger partial charge in [0.05, 0.1) is 6.10 Å². The molecule has 3 atom stereocenters. The topological polar surface area (TPSA) is 75.6 Å². The van der Waals surface area contributed by atoms with Crippen LogP contribution in [0.25, 0.3) is 6.08 Å². The van der Waals surface area contributed by atoms with Crippen molar-refractivity contribution < 1.29 is 19.4 Å². The van der Waals surface area contributed by atoms with E-state index < -0.39 is 17.9 Å². The molecule has 1 fully saturated rings. The predicted molar refractivity (Wildman–Crippen MR) is 80.6 cm³/mol. The van der Waals surface area contributed by atoms with E-state index in [9.17, 15) is 14.7 Å². The summed E-state index contributed by atoms with van der Waals surface area (Å²) in [6.07, 6.45) is 5.16. The van der Waals surface area contributed by atoms with Crippen LogP contribution >= 0.6 is 0 Å². The van der Waals surface area contributed by atoms with Crippen molar-refractivity contribution >= 4 is 17.8 Å². The Labute approximate surface area is 128 Å². The van der Waals surface area contributed by atoms with Gasteiger partial charge in [0.1, 0.15) is 11.8 Å². The Hall–Kier alpha value is -2.24. The van der Waals surface area contributed by atoms with Crippen LogP contribution in [0, 0.1) is 0 Å². The van der Waals surface area contributed by atoms with Crippen molar-refractivity contribution in [2.24, 2.45) is 0 Å². The average molecular weight is 299 g/mol. The molecule has 3 rings (SSSR count). The van der Waals surface area contributed by atoms with Gasteiger partial charge in [0.25, 0.3) is 0 Å². The van der Waals surface area contributed by atoms with Gasteiger partial charge in [0.15, 0.2) is 5.78 Å². The third-order valence-electron chi connectivity index (χ3n) is 3.87. The summed E-state index contributed by atoms with van der Waals surface area (Å²) in [5.41, 5.74) is -0.250. The number of ketones is 1. The lowest BCUT2D eigenvalue weighted by atomic mass is 9.87. The predicted octanol–water partition coefficient (Wildman–Crippen LogP) is 1.19. The summed E-state index contributed by atoms with van der Waals surface area (Å²) in [6, 6.07) is 9.47. The number of nitrogens with one attached hydrogen (secondary N) is 1. The van der Waals surface area contributed by atoms with E-state index in [1.807, 2.05) is 30.3 Å². The van der Waals surface area contributed by atoms with Crippen LogP contribution in [0.4, 0.5) is 0 Å². The lowest BCUT2D eigenvalue weighted by molar-refractivity contribution is -0.124. The lowest BCUT2D eigenvalue weighted by Gasteiger charge is -2.26. The van der Waals surface area contributed by atoms with E-state index >= 15 is 0 Å². The Kier molecular flexibility index (Phi) is 3.92. The van der Waals surface area contributed by atoms with Crippen LogP contribution in [-0.2, 0) is 14.3 Å². The van der Waals surface area contributed by atoms with Gasteiger partial charge in [0, 0.05) is 18.9 Å². The molecule has 2 N–H and O–H groups in total. The fourth-order valence-corrected chi connectivity index (χ4v) is 2.71. The minimum Gasteiger partial charge on any atom is -0.383 e. The van der Waals surface area contributed by atoms with E-state index in [2.05, 4.69) is 5.32 Å². The Morgan fingerprint density at radius 2 is 2.14 bits per heavy atom. The second-order valence-electron chi connectivity index (χ2n) is 5.57. The summed E-state index contributed by atoms with van der Waals surface area (Å²) in [5.74, 6) is -0.378. The number of benzene rings is 1. The highest BCUT2D eigenvalue weighted by atomic mass is 16.5. The number of hydrogen-bond acceptors (Lipinski definition) is 4. The highest BCUT2D eigenvalue weighted by molar-refractivity contribution is 5.92. The van der Waals surface area contributed by atoms with Gasteiger partial charge in [-0.1, -0.05) is 30.3 Å². The van der Waals surface area contributed by atoms with E-state index in [0.717, 1.165) is 5.56 Å². The van der Waals surface area contributed by atoms with Crippen molar-refractivity contribution in [3.8, 4) is 0 Å². The molecule has 1 amide bonds. The number of carbonyl (C=O) groups is 2. The van der Waals surface area contributed by atoms with Gasteiger partial charge in [-0.3, -0.25) is 9.59 Å². The molecule has 1 aliphatic carbocycles. The first-order chi connectivity index (χ1) is 10.5. The van der Waals surface area contributed by atoms with Gasteiger partial charge >= 0.3 is 0 Å². The number of rotatable bonds is 3. The maximum atomic E-state index is 11.9. The van der Waals surface area contributed by atoms with Gasteiger partial charge < -0.3 is 15.2 Å². The van der Waals surface area contributed by atoms with Crippen molar-refractivity contribution in [1.29, 1.82) is 0 Å². The second kappa shape index (κ2) is 5.87. The van der Waals surface area contributed by atoms with Crippen molar-refractivity contribution in [1.82, 2.24) is 5.32 Å². The molecule has 1 aliphatic heterocycles. The summed E-state index contributed by atoms with van der Waals surface area (Å²) in [6.45, 7) is 0. The van der Waals surface area contributed by atoms with E-state index in [1.54, 1.807) is 6.08 Å². The molecule has 0 radical (unpaired) electrons. The van der Waals surface area contributed by atoms with Crippen molar-refractivity contribution in [2.45, 2.75) is 30.8 Å². The minimum absolute atomic E-state index is 0.0781. The highest BCUT2D eigenvalue weighted by Gasteiger charge is 2.48. The standard InChI is InChI=1S/C17H17NO4/c19-13-8-9-17(21)11-16(22-14(17)10-13)18-15(20)7-6-12-4-2-1-3-5-12/h1-9,14,16,21H,10-11H2,(H,18,20)/b7-6+/t14?,16-,17+/m1/s1. The van der Waals surface area contributed by atoms with Gasteiger partial charge in [-0.05, 0) is 23.8 Å². The largest absolute Gasteiger partial charge is 0.383 e. The van der Waals surface area contributed by atoms with E-state index in [-0.39, 0.29) is 24.5 Å². The normalized spacial score (nSPS) is 30.5. The highest BCUT2D eigenvalue weighted by Crippen LogP contribution is 2.35. The molecule has 1 heterocycles. The van der Waals surface area contributed by atoms with Gasteiger partial charge in [-0.2, -0.15) is 0 Å². The molecule has 0 bridgehead atoms. The Morgan fingerprint density at radius 1 is 1.36 bits per heavy atom. The van der Waals surface area contributed by atoms with Crippen LogP contribution in [-0.4, -0.2) is 34.7 Å². The molecule has 1 aromatic rings. The maximum absolute atomic E-state index is 11.9. The molecule has 0 saturated carbocycles. The van der Waals surface area contributed by atoms with E-state index in [4.69, 9.17) is 4.74 Å². The molecule has 1 aromatic carbocycles. The molecule has 2 aliphatic rings. The number of carbonyl (C=O) groups excluding carboxylic acids is 2. The van der Waals surface area contributed by atoms with Crippen LogP contribution in [0.3, 0.4) is 0 Å². The smallest absolute Gasteiger partial charge is 0.245 e. The minimum atomic E-state index is -1.17. The molecule has 5 nitrogen and oxygen atoms in total. The van der Waals surface area contributed by atoms with Crippen LogP contribution in [0.15, 0.2) is 48.6 Å². The zero-order valence-corrected chi connectivity index (χ0v) is 11.9. The third-order valence-corrected chi connectivity index (χ3v) is 3.87. The quantitative estimate of drug-likeness (QED) is 0.822. The van der Waals surface area contributed by atoms with Gasteiger partial charge in [-0.25, -0.2) is 0 Å². The first kappa shape index (κ1) is 14.7. The monoisotopic (exact) mass is 299 g/mol. The molecule has 0 aromatic heterocycles. The van der Waals surface area contributed by atoms with Crippen LogP contribution in [0.1, 0.15) is 18.4 Å². The molecular formula is C17H17NO4. The van der Waals surface area contributed by atoms with E-state index in [0.29, 0.717) is 0 Å². The fraction of sp³-hybridized carbons (Fsp3) is 0.294. The Bertz CT molecular complexity index is 637. The van der Waals surface area contributed by atoms with Crippen molar-refractivity contribution in [3.63, 3.8) is 0 Å². The maximum Gasteiger partial charge on any atom is 0.245 e. The fourth-order valence-electron chi connectivity index (χ4n) is 2.71. The van der Waals surface area contributed by atoms with Crippen molar-refractivity contribution in [3.05, 3.63) is 54.1 Å². The lowest BCUT2D eigenvalue weighted by Crippen LogP contribution is -2.40. The van der Waals surface area contributed by atoms with Crippen LogP contribution in [0.5, 0.6) is 0 Å². The Morgan fingerprint density at radius 3 is 2.91 bits per heavy atom. The number of ether oxygens (including phenoxy) is 1. The van der Waals surface area contributed by atoms with Crippen LogP contribution < -0.4 is 5.32 Å². The summed E-state index contributed by atoms with van der Waals surface area (Å²) in [7, 11) is 0. The first-order valence-electron chi connectivity index (χ1n) is 7.19. The average Bonchev–Trinajstić information content (AvgIpc) is 2.82. The summed E-state index contributed by atoms with van der Waals surface area (Å²) < 4.78 is 5.57. The first-order valence-corrected chi connectivity index (χ1v) is 7.19. The number of amides is 1. The van der Waals surface area contributed by atoms with Gasteiger partial charge in [-0.15, -0.1) is 0 Å². The number of hydrogen-bond donors (Lipinski definition) is 2. The summed E-state index contributed by atoms with van der Waals surface area (Å²) in [5, 5.41) is 13.1. The van der Waals surface area contributed by atoms with Crippen molar-refractivity contribution in [2.75, 3.05) is 0 Å².